The summed E-state index contributed by atoms with van der Waals surface area (Å²) in [5.74, 6) is -0.614. The van der Waals surface area contributed by atoms with Crippen LogP contribution in [0.3, 0.4) is 0 Å². The minimum absolute atomic E-state index is 0.0334. The first-order chi connectivity index (χ1) is 19.0. The average molecular weight is 540 g/mol. The van der Waals surface area contributed by atoms with E-state index < -0.39 is 18.0 Å². The van der Waals surface area contributed by atoms with Gasteiger partial charge in [-0.2, -0.15) is 0 Å². The minimum Gasteiger partial charge on any atom is -0.511 e. The van der Waals surface area contributed by atoms with E-state index in [1.165, 1.54) is 17.3 Å². The molecule has 2 heterocycles. The summed E-state index contributed by atoms with van der Waals surface area (Å²) < 4.78 is 7.78. The topological polar surface area (TPSA) is 88.8 Å². The normalized spacial score (nSPS) is 15.3. The summed E-state index contributed by atoms with van der Waals surface area (Å²) in [5.41, 5.74) is 5.72. The maximum atomic E-state index is 12.7. The molecule has 198 valence electrons. The predicted octanol–water partition coefficient (Wildman–Crippen LogP) is 6.90. The standard InChI is InChI=1S/C32H29NO5S/c34-28-21-29(38-32(37)31(28)39-20-19-22-7-3-1-4-8-22)24-11-13-25(14-12-24)33-26(16-18-30(35)36)15-17-27(33)23-9-5-2-6-10-23/h1-15,17,29,34H,16,18-21H2,(H,35,36). The van der Waals surface area contributed by atoms with Crippen molar-refractivity contribution in [3.8, 4) is 16.9 Å². The van der Waals surface area contributed by atoms with Crippen LogP contribution in [0.25, 0.3) is 16.9 Å². The van der Waals surface area contributed by atoms with E-state index in [1.807, 2.05) is 97.1 Å². The van der Waals surface area contributed by atoms with Gasteiger partial charge in [-0.15, -0.1) is 11.8 Å². The lowest BCUT2D eigenvalue weighted by molar-refractivity contribution is -0.146. The number of carboxylic acids is 1. The quantitative estimate of drug-likeness (QED) is 0.213. The van der Waals surface area contributed by atoms with E-state index in [4.69, 9.17) is 4.74 Å². The van der Waals surface area contributed by atoms with Crippen molar-refractivity contribution in [1.82, 2.24) is 4.57 Å². The minimum atomic E-state index is -0.844. The summed E-state index contributed by atoms with van der Waals surface area (Å²) in [6, 6.07) is 31.6. The van der Waals surface area contributed by atoms with Crippen LogP contribution in [0.5, 0.6) is 0 Å². The van der Waals surface area contributed by atoms with Gasteiger partial charge in [-0.1, -0.05) is 72.8 Å². The molecule has 0 aliphatic carbocycles. The van der Waals surface area contributed by atoms with Crippen molar-refractivity contribution in [3.63, 3.8) is 0 Å². The van der Waals surface area contributed by atoms with E-state index >= 15 is 0 Å². The molecule has 39 heavy (non-hydrogen) atoms. The number of ether oxygens (including phenoxy) is 1. The number of nitrogens with zero attached hydrogens (tertiary/aromatic N) is 1. The molecular weight excluding hydrogens is 510 g/mol. The third-order valence-corrected chi connectivity index (χ3v) is 7.80. The van der Waals surface area contributed by atoms with Crippen molar-refractivity contribution in [2.24, 2.45) is 0 Å². The van der Waals surface area contributed by atoms with Crippen molar-refractivity contribution >= 4 is 23.7 Å². The van der Waals surface area contributed by atoms with Gasteiger partial charge < -0.3 is 19.5 Å². The first kappa shape index (κ1) is 26.4. The van der Waals surface area contributed by atoms with Crippen LogP contribution in [0, 0.1) is 0 Å². The second-order valence-corrected chi connectivity index (χ2v) is 10.5. The van der Waals surface area contributed by atoms with E-state index in [9.17, 15) is 19.8 Å². The SMILES string of the molecule is O=C(O)CCc1ccc(-c2ccccc2)n1-c1ccc(C2CC(O)=C(SCCc3ccccc3)C(=O)O2)cc1. The van der Waals surface area contributed by atoms with Gasteiger partial charge in [-0.25, -0.2) is 4.79 Å². The fourth-order valence-corrected chi connectivity index (χ4v) is 5.70. The Hall–Kier alpha value is -4.23. The molecule has 7 heteroatoms. The Morgan fingerprint density at radius 1 is 0.897 bits per heavy atom. The lowest BCUT2D eigenvalue weighted by atomic mass is 10.0. The highest BCUT2D eigenvalue weighted by Gasteiger charge is 2.30. The second kappa shape index (κ2) is 12.1. The number of cyclic esters (lactones) is 1. The van der Waals surface area contributed by atoms with Crippen LogP contribution in [-0.2, 0) is 27.2 Å². The van der Waals surface area contributed by atoms with E-state index in [2.05, 4.69) is 4.57 Å². The van der Waals surface area contributed by atoms with Gasteiger partial charge in [0, 0.05) is 23.6 Å². The highest BCUT2D eigenvalue weighted by atomic mass is 32.2. The van der Waals surface area contributed by atoms with Gasteiger partial charge in [0.2, 0.25) is 0 Å². The largest absolute Gasteiger partial charge is 0.511 e. The summed E-state index contributed by atoms with van der Waals surface area (Å²) in [6.07, 6.45) is 0.870. The highest BCUT2D eigenvalue weighted by molar-refractivity contribution is 8.04. The first-order valence-electron chi connectivity index (χ1n) is 12.9. The Balaban J connectivity index is 1.33. The number of aryl methyl sites for hydroxylation is 2. The molecule has 0 radical (unpaired) electrons. The number of carbonyl (C=O) groups excluding carboxylic acids is 1. The lowest BCUT2D eigenvalue weighted by Gasteiger charge is -2.25. The molecule has 3 aromatic carbocycles. The Kier molecular flexibility index (Phi) is 8.18. The molecular formula is C32H29NO5S. The van der Waals surface area contributed by atoms with Crippen LogP contribution in [0.1, 0.15) is 35.8 Å². The molecule has 1 aliphatic heterocycles. The van der Waals surface area contributed by atoms with Crippen molar-refractivity contribution < 1.29 is 24.5 Å². The van der Waals surface area contributed by atoms with Crippen molar-refractivity contribution in [1.29, 1.82) is 0 Å². The number of thioether (sulfide) groups is 1. The van der Waals surface area contributed by atoms with Crippen LogP contribution < -0.4 is 0 Å². The van der Waals surface area contributed by atoms with E-state index in [0.717, 1.165) is 34.6 Å². The maximum Gasteiger partial charge on any atom is 0.348 e. The van der Waals surface area contributed by atoms with Crippen LogP contribution >= 0.6 is 11.8 Å². The number of hydrogen-bond donors (Lipinski definition) is 2. The summed E-state index contributed by atoms with van der Waals surface area (Å²) in [4.78, 5) is 24.3. The number of carboxylic acid groups (broad SMARTS) is 1. The number of hydrogen-bond acceptors (Lipinski definition) is 5. The molecule has 1 aliphatic rings. The molecule has 0 spiro atoms. The van der Waals surface area contributed by atoms with Crippen molar-refractivity contribution in [2.75, 3.05) is 5.75 Å². The van der Waals surface area contributed by atoms with Gasteiger partial charge in [0.15, 0.2) is 0 Å². The number of carbonyl (C=O) groups is 2. The van der Waals surface area contributed by atoms with E-state index in [1.54, 1.807) is 0 Å². The van der Waals surface area contributed by atoms with Gasteiger partial charge in [0.1, 0.15) is 16.8 Å². The van der Waals surface area contributed by atoms with Crippen LogP contribution in [-0.4, -0.2) is 32.5 Å². The molecule has 4 aromatic rings. The molecule has 0 bridgehead atoms. The zero-order valence-corrected chi connectivity index (χ0v) is 22.1. The fourth-order valence-electron chi connectivity index (χ4n) is 4.74. The first-order valence-corrected chi connectivity index (χ1v) is 13.9. The zero-order chi connectivity index (χ0) is 27.2. The van der Waals surface area contributed by atoms with Crippen LogP contribution in [0.2, 0.25) is 0 Å². The third kappa shape index (κ3) is 6.26. The maximum absolute atomic E-state index is 12.7. The molecule has 6 nitrogen and oxygen atoms in total. The van der Waals surface area contributed by atoms with Gasteiger partial charge >= 0.3 is 11.9 Å². The molecule has 0 saturated carbocycles. The van der Waals surface area contributed by atoms with Gasteiger partial charge in [0.25, 0.3) is 0 Å². The number of aliphatic hydroxyl groups excluding tert-OH is 1. The average Bonchev–Trinajstić information content (AvgIpc) is 3.38. The number of esters is 1. The van der Waals surface area contributed by atoms with Crippen LogP contribution in [0.4, 0.5) is 0 Å². The summed E-state index contributed by atoms with van der Waals surface area (Å²) in [6.45, 7) is 0. The fraction of sp³-hybridized carbons (Fsp3) is 0.188. The zero-order valence-electron chi connectivity index (χ0n) is 21.3. The molecule has 0 fully saturated rings. The Morgan fingerprint density at radius 3 is 2.26 bits per heavy atom. The smallest absolute Gasteiger partial charge is 0.348 e. The van der Waals surface area contributed by atoms with Gasteiger partial charge in [0.05, 0.1) is 12.1 Å². The molecule has 1 aromatic heterocycles. The monoisotopic (exact) mass is 539 g/mol. The molecule has 1 atom stereocenters. The predicted molar refractivity (Wildman–Crippen MR) is 153 cm³/mol. The molecule has 1 unspecified atom stereocenters. The summed E-state index contributed by atoms with van der Waals surface area (Å²) in [5, 5.41) is 19.9. The Morgan fingerprint density at radius 2 is 1.59 bits per heavy atom. The molecule has 0 amide bonds. The van der Waals surface area contributed by atoms with Crippen molar-refractivity contribution in [2.45, 2.75) is 31.8 Å². The highest BCUT2D eigenvalue weighted by Crippen LogP contribution is 2.36. The number of benzene rings is 3. The third-order valence-electron chi connectivity index (χ3n) is 6.70. The van der Waals surface area contributed by atoms with Crippen molar-refractivity contribution in [3.05, 3.63) is 125 Å². The molecule has 2 N–H and O–H groups in total. The Labute approximate surface area is 231 Å². The Bertz CT molecular complexity index is 1480. The van der Waals surface area contributed by atoms with E-state index in [0.29, 0.717) is 12.2 Å². The van der Waals surface area contributed by atoms with Gasteiger partial charge in [-0.3, -0.25) is 4.79 Å². The lowest BCUT2D eigenvalue weighted by Crippen LogP contribution is -2.20. The number of aliphatic hydroxyl groups is 1. The van der Waals surface area contributed by atoms with E-state index in [-0.39, 0.29) is 23.5 Å². The van der Waals surface area contributed by atoms with Gasteiger partial charge in [-0.05, 0) is 53.8 Å². The summed E-state index contributed by atoms with van der Waals surface area (Å²) in [7, 11) is 0. The molecule has 5 rings (SSSR count). The number of aromatic nitrogens is 1. The molecule has 0 saturated heterocycles. The number of aliphatic carboxylic acids is 1. The second-order valence-electron chi connectivity index (χ2n) is 9.35. The number of rotatable bonds is 10. The van der Waals surface area contributed by atoms with Crippen LogP contribution in [0.15, 0.2) is 108 Å². The summed E-state index contributed by atoms with van der Waals surface area (Å²) >= 11 is 1.32.